The minimum Gasteiger partial charge on any atom is -0.405 e. The van der Waals surface area contributed by atoms with E-state index in [0.717, 1.165) is 19.3 Å². The second kappa shape index (κ2) is 7.14. The molecule has 0 amide bonds. The molecule has 0 radical (unpaired) electrons. The number of alkyl halides is 3. The van der Waals surface area contributed by atoms with Crippen molar-refractivity contribution in [2.45, 2.75) is 45.0 Å². The van der Waals surface area contributed by atoms with Gasteiger partial charge in [-0.05, 0) is 24.6 Å². The highest BCUT2D eigenvalue weighted by atomic mass is 79.9. The van der Waals surface area contributed by atoms with Crippen molar-refractivity contribution in [3.05, 3.63) is 28.2 Å². The van der Waals surface area contributed by atoms with Gasteiger partial charge in [0.2, 0.25) is 0 Å². The van der Waals surface area contributed by atoms with Gasteiger partial charge in [0.25, 0.3) is 0 Å². The van der Waals surface area contributed by atoms with E-state index in [1.54, 1.807) is 6.07 Å². The topological polar surface area (TPSA) is 35.2 Å². The van der Waals surface area contributed by atoms with Crippen molar-refractivity contribution in [2.24, 2.45) is 5.73 Å². The number of hydrogen-bond donors (Lipinski definition) is 1. The monoisotopic (exact) mass is 339 g/mol. The highest BCUT2D eigenvalue weighted by Gasteiger charge is 2.32. The highest BCUT2D eigenvalue weighted by molar-refractivity contribution is 9.10. The predicted octanol–water partition coefficient (Wildman–Crippen LogP) is 4.93. The third-order valence-electron chi connectivity index (χ3n) is 2.72. The fourth-order valence-electron chi connectivity index (χ4n) is 1.80. The molecular weight excluding hydrogens is 323 g/mol. The van der Waals surface area contributed by atoms with Gasteiger partial charge in [0, 0.05) is 16.1 Å². The molecule has 2 N–H and O–H groups in total. The molecule has 1 aromatic rings. The summed E-state index contributed by atoms with van der Waals surface area (Å²) in [6.45, 7) is 2.06. The Kier molecular flexibility index (Phi) is 6.13. The zero-order valence-corrected chi connectivity index (χ0v) is 12.2. The average molecular weight is 340 g/mol. The maximum atomic E-state index is 12.3. The largest absolute Gasteiger partial charge is 0.573 e. The van der Waals surface area contributed by atoms with Crippen LogP contribution in [0.4, 0.5) is 13.2 Å². The summed E-state index contributed by atoms with van der Waals surface area (Å²) < 4.78 is 41.6. The lowest BCUT2D eigenvalue weighted by Crippen LogP contribution is -2.20. The van der Waals surface area contributed by atoms with Crippen LogP contribution in [0.15, 0.2) is 22.7 Å². The molecule has 0 aromatic heterocycles. The predicted molar refractivity (Wildman–Crippen MR) is 71.9 cm³/mol. The number of unbranched alkanes of at least 4 members (excludes halogenated alkanes) is 2. The van der Waals surface area contributed by atoms with Gasteiger partial charge in [-0.25, -0.2) is 0 Å². The van der Waals surface area contributed by atoms with E-state index in [4.69, 9.17) is 5.73 Å². The van der Waals surface area contributed by atoms with Crippen LogP contribution in [0, 0.1) is 0 Å². The lowest BCUT2D eigenvalue weighted by molar-refractivity contribution is -0.275. The van der Waals surface area contributed by atoms with Gasteiger partial charge >= 0.3 is 6.36 Å². The van der Waals surface area contributed by atoms with Gasteiger partial charge in [0.05, 0.1) is 0 Å². The van der Waals surface area contributed by atoms with E-state index >= 15 is 0 Å². The summed E-state index contributed by atoms with van der Waals surface area (Å²) >= 11 is 3.23. The normalized spacial score (nSPS) is 13.4. The van der Waals surface area contributed by atoms with Crippen LogP contribution < -0.4 is 10.5 Å². The molecule has 1 rings (SSSR count). The smallest absolute Gasteiger partial charge is 0.405 e. The van der Waals surface area contributed by atoms with Crippen LogP contribution in [0.5, 0.6) is 5.75 Å². The molecule has 0 aliphatic heterocycles. The Morgan fingerprint density at radius 1 is 1.32 bits per heavy atom. The molecule has 0 saturated heterocycles. The van der Waals surface area contributed by atoms with Gasteiger partial charge in [-0.15, -0.1) is 13.2 Å². The first-order valence-corrected chi connectivity index (χ1v) is 6.93. The Hall–Kier alpha value is -0.750. The lowest BCUT2D eigenvalue weighted by Gasteiger charge is -2.18. The van der Waals surface area contributed by atoms with Crippen molar-refractivity contribution in [1.82, 2.24) is 0 Å². The molecule has 0 bridgehead atoms. The first kappa shape index (κ1) is 16.3. The van der Waals surface area contributed by atoms with E-state index in [-0.39, 0.29) is 5.75 Å². The third-order valence-corrected chi connectivity index (χ3v) is 3.21. The molecule has 0 aliphatic carbocycles. The Bertz CT molecular complexity index is 409. The maximum absolute atomic E-state index is 12.3. The molecule has 6 heteroatoms. The summed E-state index contributed by atoms with van der Waals surface area (Å²) in [7, 11) is 0. The fourth-order valence-corrected chi connectivity index (χ4v) is 2.18. The molecule has 0 unspecified atom stereocenters. The van der Waals surface area contributed by atoms with Crippen LogP contribution in [0.1, 0.15) is 44.2 Å². The van der Waals surface area contributed by atoms with E-state index < -0.39 is 12.4 Å². The van der Waals surface area contributed by atoms with Gasteiger partial charge < -0.3 is 10.5 Å². The molecular formula is C13H17BrF3NO. The van der Waals surface area contributed by atoms with Gasteiger partial charge in [-0.1, -0.05) is 42.1 Å². The third kappa shape index (κ3) is 5.82. The van der Waals surface area contributed by atoms with Gasteiger partial charge in [-0.3, -0.25) is 0 Å². The first-order valence-electron chi connectivity index (χ1n) is 6.14. The van der Waals surface area contributed by atoms with Crippen molar-refractivity contribution < 1.29 is 17.9 Å². The van der Waals surface area contributed by atoms with Crippen LogP contribution in [0.25, 0.3) is 0 Å². The summed E-state index contributed by atoms with van der Waals surface area (Å²) in [5, 5.41) is 0. The molecule has 0 spiro atoms. The summed E-state index contributed by atoms with van der Waals surface area (Å²) in [4.78, 5) is 0. The molecule has 0 saturated carbocycles. The van der Waals surface area contributed by atoms with Crippen LogP contribution in [0.2, 0.25) is 0 Å². The summed E-state index contributed by atoms with van der Waals surface area (Å²) in [5.74, 6) is -0.223. The SMILES string of the molecule is CCCCC[C@H](N)c1cc(Br)ccc1OC(F)(F)F. The number of nitrogens with two attached hydrogens (primary N) is 1. The fraction of sp³-hybridized carbons (Fsp3) is 0.538. The second-order valence-corrected chi connectivity index (χ2v) is 5.25. The molecule has 108 valence electrons. The zero-order chi connectivity index (χ0) is 14.5. The zero-order valence-electron chi connectivity index (χ0n) is 10.6. The molecule has 1 atom stereocenters. The molecule has 2 nitrogen and oxygen atoms in total. The van der Waals surface area contributed by atoms with Crippen LogP contribution >= 0.6 is 15.9 Å². The number of rotatable bonds is 6. The van der Waals surface area contributed by atoms with Crippen LogP contribution in [-0.2, 0) is 0 Å². The lowest BCUT2D eigenvalue weighted by atomic mass is 10.0. The number of hydrogen-bond acceptors (Lipinski definition) is 2. The minimum absolute atomic E-state index is 0.223. The Labute approximate surface area is 119 Å². The first-order chi connectivity index (χ1) is 8.83. The average Bonchev–Trinajstić information content (AvgIpc) is 2.30. The number of halogens is 4. The molecule has 0 aliphatic rings. The van der Waals surface area contributed by atoms with Gasteiger partial charge in [0.1, 0.15) is 5.75 Å². The van der Waals surface area contributed by atoms with Gasteiger partial charge in [-0.2, -0.15) is 0 Å². The standard InChI is InChI=1S/C13H17BrF3NO/c1-2-3-4-5-11(18)10-8-9(14)6-7-12(10)19-13(15,16)17/h6-8,11H,2-5,18H2,1H3/t11-/m0/s1. The van der Waals surface area contributed by atoms with Crippen molar-refractivity contribution in [1.29, 1.82) is 0 Å². The Balaban J connectivity index is 2.87. The minimum atomic E-state index is -4.70. The van der Waals surface area contributed by atoms with E-state index in [2.05, 4.69) is 27.6 Å². The molecule has 19 heavy (non-hydrogen) atoms. The molecule has 1 aromatic carbocycles. The van der Waals surface area contributed by atoms with E-state index in [9.17, 15) is 13.2 Å². The van der Waals surface area contributed by atoms with Crippen LogP contribution in [-0.4, -0.2) is 6.36 Å². The summed E-state index contributed by atoms with van der Waals surface area (Å²) in [6.07, 6.45) is -1.13. The van der Waals surface area contributed by atoms with Crippen molar-refractivity contribution >= 4 is 15.9 Å². The second-order valence-electron chi connectivity index (χ2n) is 4.33. The Morgan fingerprint density at radius 3 is 2.58 bits per heavy atom. The van der Waals surface area contributed by atoms with Crippen molar-refractivity contribution in [3.8, 4) is 5.75 Å². The maximum Gasteiger partial charge on any atom is 0.573 e. The molecule has 0 heterocycles. The number of benzene rings is 1. The Morgan fingerprint density at radius 2 is 2.00 bits per heavy atom. The van der Waals surface area contributed by atoms with Crippen molar-refractivity contribution in [3.63, 3.8) is 0 Å². The van der Waals surface area contributed by atoms with Crippen molar-refractivity contribution in [2.75, 3.05) is 0 Å². The van der Waals surface area contributed by atoms with E-state index in [1.807, 2.05) is 0 Å². The number of ether oxygens (including phenoxy) is 1. The molecule has 0 fully saturated rings. The summed E-state index contributed by atoms with van der Waals surface area (Å²) in [5.41, 5.74) is 6.33. The quantitative estimate of drug-likeness (QED) is 0.746. The van der Waals surface area contributed by atoms with Crippen LogP contribution in [0.3, 0.4) is 0 Å². The summed E-state index contributed by atoms with van der Waals surface area (Å²) in [6, 6.07) is 3.91. The van der Waals surface area contributed by atoms with E-state index in [1.165, 1.54) is 12.1 Å². The highest BCUT2D eigenvalue weighted by Crippen LogP contribution is 2.33. The van der Waals surface area contributed by atoms with Gasteiger partial charge in [0.15, 0.2) is 0 Å². The van der Waals surface area contributed by atoms with E-state index in [0.29, 0.717) is 16.5 Å².